The number of hydrogen-bond donors (Lipinski definition) is 1. The molecule has 0 radical (unpaired) electrons. The number of aliphatic carboxylic acids is 1. The van der Waals surface area contributed by atoms with Crippen molar-refractivity contribution in [2.75, 3.05) is 12.9 Å². The second-order valence-electron chi connectivity index (χ2n) is 4.60. The van der Waals surface area contributed by atoms with E-state index in [1.807, 2.05) is 42.0 Å². The van der Waals surface area contributed by atoms with Crippen molar-refractivity contribution in [1.82, 2.24) is 9.55 Å². The maximum Gasteiger partial charge on any atom is 0.313 e. The fourth-order valence-corrected chi connectivity index (χ4v) is 2.85. The summed E-state index contributed by atoms with van der Waals surface area (Å²) in [5.74, 6) is 0.0523. The third kappa shape index (κ3) is 4.26. The van der Waals surface area contributed by atoms with Crippen LogP contribution in [-0.2, 0) is 17.8 Å². The smallest absolute Gasteiger partial charge is 0.313 e. The second-order valence-corrected chi connectivity index (χ2v) is 5.55. The standard InChI is InChI=1S/C15H18N2O3S/c1-11-9-17(15(16-11)21-10-14(18)19)8-7-12-5-3-4-6-13(12)20-2/h3-6,9H,7-8,10H2,1-2H3,(H,18,19). The average Bonchev–Trinajstić information content (AvgIpc) is 2.83. The number of ether oxygens (including phenoxy) is 1. The number of carboxylic acid groups (broad SMARTS) is 1. The lowest BCUT2D eigenvalue weighted by Gasteiger charge is -2.10. The summed E-state index contributed by atoms with van der Waals surface area (Å²) in [5.41, 5.74) is 2.02. The Morgan fingerprint density at radius 3 is 2.90 bits per heavy atom. The summed E-state index contributed by atoms with van der Waals surface area (Å²) in [6.45, 7) is 2.65. The van der Waals surface area contributed by atoms with Gasteiger partial charge < -0.3 is 14.4 Å². The minimum absolute atomic E-state index is 0.0190. The zero-order valence-corrected chi connectivity index (χ0v) is 12.9. The zero-order valence-electron chi connectivity index (χ0n) is 12.1. The number of benzene rings is 1. The normalized spacial score (nSPS) is 10.6. The first-order valence-corrected chi connectivity index (χ1v) is 7.59. The van der Waals surface area contributed by atoms with Crippen LogP contribution in [0.3, 0.4) is 0 Å². The highest BCUT2D eigenvalue weighted by molar-refractivity contribution is 7.99. The van der Waals surface area contributed by atoms with Gasteiger partial charge in [-0.15, -0.1) is 0 Å². The van der Waals surface area contributed by atoms with Crippen molar-refractivity contribution in [3.05, 3.63) is 41.7 Å². The SMILES string of the molecule is COc1ccccc1CCn1cc(C)nc1SCC(=O)O. The van der Waals surface area contributed by atoms with Gasteiger partial charge in [0.2, 0.25) is 0 Å². The Morgan fingerprint density at radius 1 is 1.43 bits per heavy atom. The number of aromatic nitrogens is 2. The van der Waals surface area contributed by atoms with Crippen LogP contribution >= 0.6 is 11.8 Å². The van der Waals surface area contributed by atoms with Gasteiger partial charge in [-0.25, -0.2) is 4.98 Å². The van der Waals surface area contributed by atoms with Crippen molar-refractivity contribution in [1.29, 1.82) is 0 Å². The highest BCUT2D eigenvalue weighted by atomic mass is 32.2. The molecule has 1 aromatic heterocycles. The van der Waals surface area contributed by atoms with Gasteiger partial charge in [0.25, 0.3) is 0 Å². The van der Waals surface area contributed by atoms with E-state index in [1.165, 1.54) is 11.8 Å². The number of hydrogen-bond acceptors (Lipinski definition) is 4. The van der Waals surface area contributed by atoms with Crippen LogP contribution in [0.15, 0.2) is 35.6 Å². The molecule has 2 aromatic rings. The fraction of sp³-hybridized carbons (Fsp3) is 0.333. The van der Waals surface area contributed by atoms with E-state index in [0.717, 1.165) is 35.1 Å². The van der Waals surface area contributed by atoms with E-state index in [4.69, 9.17) is 9.84 Å². The molecule has 1 heterocycles. The van der Waals surface area contributed by atoms with E-state index in [-0.39, 0.29) is 5.75 Å². The van der Waals surface area contributed by atoms with Gasteiger partial charge in [0.1, 0.15) is 5.75 Å². The van der Waals surface area contributed by atoms with Crippen molar-refractivity contribution in [2.45, 2.75) is 25.0 Å². The lowest BCUT2D eigenvalue weighted by molar-refractivity contribution is -0.133. The minimum atomic E-state index is -0.836. The third-order valence-corrected chi connectivity index (χ3v) is 3.97. The quantitative estimate of drug-likeness (QED) is 0.797. The van der Waals surface area contributed by atoms with Crippen molar-refractivity contribution in [3.8, 4) is 5.75 Å². The third-order valence-electron chi connectivity index (χ3n) is 3.00. The summed E-state index contributed by atoms with van der Waals surface area (Å²) < 4.78 is 7.34. The summed E-state index contributed by atoms with van der Waals surface area (Å²) in [4.78, 5) is 15.0. The van der Waals surface area contributed by atoms with E-state index >= 15 is 0 Å². The van der Waals surface area contributed by atoms with Gasteiger partial charge in [-0.05, 0) is 25.0 Å². The number of thioether (sulfide) groups is 1. The molecule has 0 fully saturated rings. The molecular weight excluding hydrogens is 288 g/mol. The first-order chi connectivity index (χ1) is 10.1. The van der Waals surface area contributed by atoms with Crippen LogP contribution < -0.4 is 4.74 Å². The number of rotatable bonds is 7. The molecule has 5 nitrogen and oxygen atoms in total. The first kappa shape index (κ1) is 15.4. The summed E-state index contributed by atoms with van der Waals surface area (Å²) in [6.07, 6.45) is 2.75. The van der Waals surface area contributed by atoms with Crippen LogP contribution in [0.4, 0.5) is 0 Å². The van der Waals surface area contributed by atoms with E-state index in [1.54, 1.807) is 7.11 Å². The Morgan fingerprint density at radius 2 is 2.19 bits per heavy atom. The summed E-state index contributed by atoms with van der Waals surface area (Å²) in [6, 6.07) is 7.90. The molecule has 21 heavy (non-hydrogen) atoms. The molecule has 0 spiro atoms. The van der Waals surface area contributed by atoms with Crippen LogP contribution in [0.25, 0.3) is 0 Å². The topological polar surface area (TPSA) is 64.4 Å². The van der Waals surface area contributed by atoms with Gasteiger partial charge in [-0.1, -0.05) is 30.0 Å². The minimum Gasteiger partial charge on any atom is -0.496 e. The molecule has 0 saturated carbocycles. The highest BCUT2D eigenvalue weighted by Crippen LogP contribution is 2.21. The molecule has 2 rings (SSSR count). The van der Waals surface area contributed by atoms with Gasteiger partial charge in [-0.3, -0.25) is 4.79 Å². The molecule has 0 amide bonds. The maximum atomic E-state index is 10.7. The second kappa shape index (κ2) is 7.17. The lowest BCUT2D eigenvalue weighted by atomic mass is 10.1. The van der Waals surface area contributed by atoms with Gasteiger partial charge in [0.05, 0.1) is 18.6 Å². The Labute approximate surface area is 128 Å². The molecule has 1 aromatic carbocycles. The molecule has 0 saturated heterocycles. The van der Waals surface area contributed by atoms with Crippen molar-refractivity contribution in [2.24, 2.45) is 0 Å². The molecule has 0 unspecified atom stereocenters. The van der Waals surface area contributed by atoms with E-state index in [9.17, 15) is 4.79 Å². The first-order valence-electron chi connectivity index (χ1n) is 6.60. The van der Waals surface area contributed by atoms with Crippen LogP contribution in [-0.4, -0.2) is 33.5 Å². The van der Waals surface area contributed by atoms with Gasteiger partial charge >= 0.3 is 5.97 Å². The van der Waals surface area contributed by atoms with Crippen LogP contribution in [0, 0.1) is 6.92 Å². The zero-order chi connectivity index (χ0) is 15.2. The number of methoxy groups -OCH3 is 1. The molecule has 0 aliphatic rings. The largest absolute Gasteiger partial charge is 0.496 e. The van der Waals surface area contributed by atoms with Gasteiger partial charge in [-0.2, -0.15) is 0 Å². The number of nitrogens with zero attached hydrogens (tertiary/aromatic N) is 2. The van der Waals surface area contributed by atoms with Crippen LogP contribution in [0.1, 0.15) is 11.3 Å². The molecule has 0 bridgehead atoms. The van der Waals surface area contributed by atoms with Gasteiger partial charge in [0.15, 0.2) is 5.16 Å². The number of carboxylic acids is 1. The molecule has 0 aliphatic heterocycles. The molecule has 112 valence electrons. The van der Waals surface area contributed by atoms with Crippen molar-refractivity contribution >= 4 is 17.7 Å². The monoisotopic (exact) mass is 306 g/mol. The van der Waals surface area contributed by atoms with Crippen molar-refractivity contribution in [3.63, 3.8) is 0 Å². The maximum absolute atomic E-state index is 10.7. The predicted molar refractivity (Wildman–Crippen MR) is 82.0 cm³/mol. The van der Waals surface area contributed by atoms with E-state index in [2.05, 4.69) is 4.98 Å². The Hall–Kier alpha value is -1.95. The Balaban J connectivity index is 2.07. The van der Waals surface area contributed by atoms with E-state index in [0.29, 0.717) is 0 Å². The van der Waals surface area contributed by atoms with Gasteiger partial charge in [0, 0.05) is 12.7 Å². The fourth-order valence-electron chi connectivity index (χ4n) is 2.08. The van der Waals surface area contributed by atoms with E-state index < -0.39 is 5.97 Å². The molecule has 6 heteroatoms. The summed E-state index contributed by atoms with van der Waals surface area (Å²) >= 11 is 1.24. The average molecular weight is 306 g/mol. The van der Waals surface area contributed by atoms with Crippen LogP contribution in [0.5, 0.6) is 5.75 Å². The Bertz CT molecular complexity index is 625. The number of carbonyl (C=O) groups is 1. The Kier molecular flexibility index (Phi) is 5.27. The molecule has 0 atom stereocenters. The number of aryl methyl sites for hydroxylation is 3. The lowest BCUT2D eigenvalue weighted by Crippen LogP contribution is -2.05. The number of para-hydroxylation sites is 1. The highest BCUT2D eigenvalue weighted by Gasteiger charge is 2.10. The van der Waals surface area contributed by atoms with Crippen molar-refractivity contribution < 1.29 is 14.6 Å². The predicted octanol–water partition coefficient (Wildman–Crippen LogP) is 2.62. The summed E-state index contributed by atoms with van der Waals surface area (Å²) in [7, 11) is 1.66. The van der Waals surface area contributed by atoms with Crippen LogP contribution in [0.2, 0.25) is 0 Å². The molecule has 0 aliphatic carbocycles. The molecule has 1 N–H and O–H groups in total. The summed E-state index contributed by atoms with van der Waals surface area (Å²) in [5, 5.41) is 9.51. The molecular formula is C15H18N2O3S. The number of imidazole rings is 1.